The smallest absolute Gasteiger partial charge is 0.111 e. The van der Waals surface area contributed by atoms with E-state index in [4.69, 9.17) is 0 Å². The molecule has 1 heterocycles. The van der Waals surface area contributed by atoms with Gasteiger partial charge in [-0.15, -0.1) is 0 Å². The van der Waals surface area contributed by atoms with E-state index >= 15 is 0 Å². The van der Waals surface area contributed by atoms with Crippen LogP contribution < -0.4 is 10.6 Å². The number of halogens is 1. The van der Waals surface area contributed by atoms with Crippen LogP contribution in [-0.2, 0) is 0 Å². The number of aromatic nitrogens is 1. The first kappa shape index (κ1) is 6.08. The van der Waals surface area contributed by atoms with Gasteiger partial charge in [-0.05, 0) is 18.2 Å². The average Bonchev–Trinajstić information content (AvgIpc) is 2.10. The molecule has 0 spiro atoms. The fourth-order valence-corrected chi connectivity index (χ4v) is 0.765. The van der Waals surface area contributed by atoms with Gasteiger partial charge in [-0.25, -0.2) is 4.39 Å². The van der Waals surface area contributed by atoms with Crippen LogP contribution in [0.15, 0.2) is 6.07 Å². The van der Waals surface area contributed by atoms with Crippen LogP contribution in [0.5, 0.6) is 0 Å². The van der Waals surface area contributed by atoms with Crippen molar-refractivity contribution in [1.29, 1.82) is 0 Å². The van der Waals surface area contributed by atoms with Crippen molar-refractivity contribution < 1.29 is 4.39 Å². The van der Waals surface area contributed by atoms with Gasteiger partial charge in [-0.3, -0.25) is 0 Å². The highest BCUT2D eigenvalue weighted by Gasteiger charge is 1.85. The van der Waals surface area contributed by atoms with Crippen molar-refractivity contribution in [2.24, 2.45) is 0 Å². The van der Waals surface area contributed by atoms with Gasteiger partial charge in [0.15, 0.2) is 0 Å². The van der Waals surface area contributed by atoms with E-state index in [9.17, 15) is 4.39 Å². The van der Waals surface area contributed by atoms with E-state index < -0.39 is 0 Å². The number of aryl methyl sites for hydroxylation is 1. The summed E-state index contributed by atoms with van der Waals surface area (Å²) in [5, 5.41) is 1.17. The Kier molecular flexibility index (Phi) is 1.39. The van der Waals surface area contributed by atoms with Gasteiger partial charge in [0.25, 0.3) is 0 Å². The summed E-state index contributed by atoms with van der Waals surface area (Å²) in [6, 6.07) is 1.80. The van der Waals surface area contributed by atoms with Crippen molar-refractivity contribution in [2.45, 2.75) is 6.92 Å². The van der Waals surface area contributed by atoms with Gasteiger partial charge in [0, 0.05) is 5.69 Å². The predicted octanol–water partition coefficient (Wildman–Crippen LogP) is 0.441. The second-order valence-corrected chi connectivity index (χ2v) is 2.00. The minimum absolute atomic E-state index is 0.465. The molecule has 1 rings (SSSR count). The lowest BCUT2D eigenvalue weighted by Gasteiger charge is -1.73. The van der Waals surface area contributed by atoms with E-state index in [1.54, 1.807) is 6.07 Å². The highest BCUT2D eigenvalue weighted by Crippen LogP contribution is 1.77. The molecule has 0 unspecified atom stereocenters. The monoisotopic (exact) mass is 125 g/mol. The lowest BCUT2D eigenvalue weighted by molar-refractivity contribution is 0.792. The summed E-state index contributed by atoms with van der Waals surface area (Å²) in [6.07, 6.45) is 0.523. The molecular weight excluding hydrogens is 117 g/mol. The first-order chi connectivity index (χ1) is 4.24. The molecule has 0 amide bonds. The highest BCUT2D eigenvalue weighted by molar-refractivity contribution is 5.18. The van der Waals surface area contributed by atoms with Crippen molar-refractivity contribution in [3.8, 4) is 0 Å². The Morgan fingerprint density at radius 1 is 1.78 bits per heavy atom. The molecule has 0 saturated carbocycles. The standard InChI is InChI=1S/C7H8FN/c1-5-3-6(2)9-7(5)4-8/h3-4,9H,1H2,2H3/b7-4-. The normalized spacial score (nSPS) is 12.4. The van der Waals surface area contributed by atoms with Crippen molar-refractivity contribution in [3.63, 3.8) is 0 Å². The second-order valence-electron chi connectivity index (χ2n) is 2.00. The molecule has 1 N–H and O–H groups in total. The molecule has 0 radical (unpaired) electrons. The number of hydrogen-bond donors (Lipinski definition) is 1. The lowest BCUT2D eigenvalue weighted by Crippen LogP contribution is -2.18. The van der Waals surface area contributed by atoms with Crippen molar-refractivity contribution in [3.05, 3.63) is 22.3 Å². The number of H-pyrrole nitrogens is 1. The van der Waals surface area contributed by atoms with Gasteiger partial charge in [-0.1, -0.05) is 6.58 Å². The van der Waals surface area contributed by atoms with Crippen LogP contribution in [0.4, 0.5) is 4.39 Å². The van der Waals surface area contributed by atoms with Gasteiger partial charge in [0.2, 0.25) is 0 Å². The summed E-state index contributed by atoms with van der Waals surface area (Å²) in [4.78, 5) is 2.80. The Morgan fingerprint density at radius 2 is 2.44 bits per heavy atom. The molecule has 0 saturated heterocycles. The van der Waals surface area contributed by atoms with Gasteiger partial charge < -0.3 is 4.98 Å². The van der Waals surface area contributed by atoms with Gasteiger partial charge >= 0.3 is 0 Å². The minimum atomic E-state index is 0.465. The molecule has 0 aromatic carbocycles. The fourth-order valence-electron chi connectivity index (χ4n) is 0.765. The van der Waals surface area contributed by atoms with Crippen LogP contribution in [0.3, 0.4) is 0 Å². The molecule has 1 nitrogen and oxygen atoms in total. The van der Waals surface area contributed by atoms with E-state index in [1.165, 1.54) is 0 Å². The van der Waals surface area contributed by atoms with E-state index in [0.29, 0.717) is 16.9 Å². The van der Waals surface area contributed by atoms with Crippen LogP contribution in [-0.4, -0.2) is 4.98 Å². The number of aromatic amines is 1. The molecule has 0 aliphatic carbocycles. The Morgan fingerprint density at radius 3 is 2.67 bits per heavy atom. The predicted molar refractivity (Wildman–Crippen MR) is 35.9 cm³/mol. The molecule has 48 valence electrons. The van der Waals surface area contributed by atoms with Crippen molar-refractivity contribution >= 4 is 12.9 Å². The zero-order chi connectivity index (χ0) is 6.85. The third-order valence-corrected chi connectivity index (χ3v) is 1.18. The summed E-state index contributed by atoms with van der Waals surface area (Å²) >= 11 is 0. The van der Waals surface area contributed by atoms with Crippen LogP contribution >= 0.6 is 0 Å². The Bertz CT molecular complexity index is 297. The summed E-state index contributed by atoms with van der Waals surface area (Å²) in [5.74, 6) is 0. The molecular formula is C7H8FN. The van der Waals surface area contributed by atoms with Crippen molar-refractivity contribution in [2.75, 3.05) is 0 Å². The maximum atomic E-state index is 11.8. The Hall–Kier alpha value is -1.05. The fraction of sp³-hybridized carbons (Fsp3) is 0.143. The average molecular weight is 125 g/mol. The number of hydrogen-bond acceptors (Lipinski definition) is 0. The summed E-state index contributed by atoms with van der Waals surface area (Å²) < 4.78 is 11.8. The largest absolute Gasteiger partial charge is 0.357 e. The van der Waals surface area contributed by atoms with E-state index in [1.807, 2.05) is 6.92 Å². The van der Waals surface area contributed by atoms with E-state index in [2.05, 4.69) is 11.6 Å². The van der Waals surface area contributed by atoms with Gasteiger partial charge in [0.05, 0.1) is 5.35 Å². The lowest BCUT2D eigenvalue weighted by atomic mass is 10.4. The van der Waals surface area contributed by atoms with Crippen molar-refractivity contribution in [1.82, 2.24) is 4.98 Å². The Balaban J connectivity index is 3.52. The Labute approximate surface area is 52.5 Å². The second kappa shape index (κ2) is 2.05. The molecule has 0 aliphatic heterocycles. The van der Waals surface area contributed by atoms with Crippen LogP contribution in [0.1, 0.15) is 5.69 Å². The first-order valence-corrected chi connectivity index (χ1v) is 2.69. The minimum Gasteiger partial charge on any atom is -0.357 e. The van der Waals surface area contributed by atoms with E-state index in [-0.39, 0.29) is 0 Å². The molecule has 1 aromatic rings. The quantitative estimate of drug-likeness (QED) is 0.518. The summed E-state index contributed by atoms with van der Waals surface area (Å²) in [5.41, 5.74) is 0.934. The zero-order valence-corrected chi connectivity index (χ0v) is 5.24. The first-order valence-electron chi connectivity index (χ1n) is 2.69. The molecule has 0 bridgehead atoms. The van der Waals surface area contributed by atoms with Crippen LogP contribution in [0.25, 0.3) is 12.9 Å². The SMILES string of the molecule is C=c1cc(C)[nH]/c1=C\F. The maximum absolute atomic E-state index is 11.8. The maximum Gasteiger partial charge on any atom is 0.111 e. The number of nitrogens with one attached hydrogen (secondary N) is 1. The summed E-state index contributed by atoms with van der Waals surface area (Å²) in [7, 11) is 0. The van der Waals surface area contributed by atoms with Gasteiger partial charge in [-0.2, -0.15) is 0 Å². The highest BCUT2D eigenvalue weighted by atomic mass is 19.1. The molecule has 0 aliphatic rings. The molecule has 1 aromatic heterocycles. The topological polar surface area (TPSA) is 15.8 Å². The van der Waals surface area contributed by atoms with Gasteiger partial charge in [0.1, 0.15) is 6.33 Å². The van der Waals surface area contributed by atoms with Crippen LogP contribution in [0.2, 0.25) is 0 Å². The van der Waals surface area contributed by atoms with E-state index in [0.717, 1.165) is 5.69 Å². The molecule has 2 heteroatoms. The third kappa shape index (κ3) is 1.02. The number of rotatable bonds is 0. The zero-order valence-electron chi connectivity index (χ0n) is 5.24. The molecule has 0 fully saturated rings. The molecule has 9 heavy (non-hydrogen) atoms. The third-order valence-electron chi connectivity index (χ3n) is 1.18. The summed E-state index contributed by atoms with van der Waals surface area (Å²) in [6.45, 7) is 5.47. The molecule has 0 atom stereocenters. The van der Waals surface area contributed by atoms with Crippen LogP contribution in [0, 0.1) is 6.92 Å².